The molecule has 0 N–H and O–H groups in total. The first kappa shape index (κ1) is 19.4. The zero-order valence-electron chi connectivity index (χ0n) is 16.1. The number of hydrogen-bond acceptors (Lipinski definition) is 5. The molecule has 0 unspecified atom stereocenters. The Hall–Kier alpha value is -1.95. The molecule has 0 aliphatic heterocycles. The minimum atomic E-state index is -3.28. The molecular formula is C22H26O5S. The summed E-state index contributed by atoms with van der Waals surface area (Å²) in [6.45, 7) is 2.03. The number of benzene rings is 1. The summed E-state index contributed by atoms with van der Waals surface area (Å²) < 4.78 is 30.9. The Bertz CT molecular complexity index is 936. The monoisotopic (exact) mass is 402 g/mol. The lowest BCUT2D eigenvalue weighted by molar-refractivity contribution is -0.136. The molecule has 5 nitrogen and oxygen atoms in total. The van der Waals surface area contributed by atoms with E-state index in [4.69, 9.17) is 4.74 Å². The van der Waals surface area contributed by atoms with E-state index in [9.17, 15) is 18.0 Å². The van der Waals surface area contributed by atoms with Gasteiger partial charge >= 0.3 is 5.97 Å². The molecule has 28 heavy (non-hydrogen) atoms. The summed E-state index contributed by atoms with van der Waals surface area (Å²) in [5.74, 6) is 0.0848. The van der Waals surface area contributed by atoms with Crippen LogP contribution in [0, 0.1) is 5.92 Å². The highest BCUT2D eigenvalue weighted by Crippen LogP contribution is 2.46. The maximum atomic E-state index is 12.8. The summed E-state index contributed by atoms with van der Waals surface area (Å²) in [5, 5.41) is -0.250. The van der Waals surface area contributed by atoms with Crippen molar-refractivity contribution in [3.63, 3.8) is 0 Å². The first-order chi connectivity index (χ1) is 13.4. The number of allylic oxidation sites excluding steroid dienone is 1. The molecule has 4 rings (SSSR count). The molecule has 3 aliphatic rings. The predicted molar refractivity (Wildman–Crippen MR) is 106 cm³/mol. The molecule has 0 bridgehead atoms. The molecule has 1 aromatic carbocycles. The highest BCUT2D eigenvalue weighted by Gasteiger charge is 2.40. The topological polar surface area (TPSA) is 77.5 Å². The number of sulfone groups is 1. The van der Waals surface area contributed by atoms with Crippen LogP contribution in [0.1, 0.15) is 68.9 Å². The van der Waals surface area contributed by atoms with E-state index in [1.54, 1.807) is 19.1 Å². The van der Waals surface area contributed by atoms with Crippen molar-refractivity contribution in [1.29, 1.82) is 0 Å². The Morgan fingerprint density at radius 2 is 1.93 bits per heavy atom. The van der Waals surface area contributed by atoms with Gasteiger partial charge in [0, 0.05) is 12.8 Å². The SMILES string of the molecule is CCOC(=O)/C(=C\[C@H]1CCC(=O)C1)c1ccc(S(=O)(=O)C2CC2)c(C2CC2)c1. The summed E-state index contributed by atoms with van der Waals surface area (Å²) in [6, 6.07) is 5.26. The lowest BCUT2D eigenvalue weighted by atomic mass is 9.96. The molecule has 1 aromatic rings. The number of Topliss-reactive ketones (excluding diaryl/α,β-unsaturated/α-hetero) is 1. The summed E-state index contributed by atoms with van der Waals surface area (Å²) in [5.41, 5.74) is 1.97. The zero-order valence-corrected chi connectivity index (χ0v) is 17.0. The number of carbonyl (C=O) groups excluding carboxylic acids is 2. The van der Waals surface area contributed by atoms with Crippen molar-refractivity contribution in [3.05, 3.63) is 35.4 Å². The van der Waals surface area contributed by atoms with Gasteiger partial charge in [-0.1, -0.05) is 12.1 Å². The summed E-state index contributed by atoms with van der Waals surface area (Å²) in [7, 11) is -3.28. The number of rotatable bonds is 7. The average molecular weight is 403 g/mol. The van der Waals surface area contributed by atoms with Crippen LogP contribution in [0.4, 0.5) is 0 Å². The Labute approximate surface area is 166 Å². The highest BCUT2D eigenvalue weighted by atomic mass is 32.2. The molecule has 0 saturated heterocycles. The Morgan fingerprint density at radius 1 is 1.18 bits per heavy atom. The minimum absolute atomic E-state index is 0.0335. The van der Waals surface area contributed by atoms with Crippen molar-refractivity contribution < 1.29 is 22.7 Å². The summed E-state index contributed by atoms with van der Waals surface area (Å²) in [4.78, 5) is 24.7. The Morgan fingerprint density at radius 3 is 2.50 bits per heavy atom. The maximum Gasteiger partial charge on any atom is 0.338 e. The number of ether oxygens (including phenoxy) is 1. The van der Waals surface area contributed by atoms with Crippen LogP contribution in [0.5, 0.6) is 0 Å². The summed E-state index contributed by atoms with van der Waals surface area (Å²) >= 11 is 0. The molecule has 0 amide bonds. The Balaban J connectivity index is 1.74. The second kappa shape index (κ2) is 7.47. The molecule has 0 spiro atoms. The standard InChI is InChI=1S/C22H26O5S/c1-2-27-22(24)20(12-14-3-7-17(23)11-14)16-6-10-21(19(13-16)15-4-5-15)28(25,26)18-8-9-18/h6,10,12-15,18H,2-5,7-9,11H2,1H3/b20-12-/t14-/m0/s1. The van der Waals surface area contributed by atoms with Gasteiger partial charge in [-0.2, -0.15) is 0 Å². The third-order valence-corrected chi connectivity index (χ3v) is 8.12. The first-order valence-corrected chi connectivity index (χ1v) is 11.7. The van der Waals surface area contributed by atoms with Gasteiger partial charge in [-0.05, 0) is 74.1 Å². The smallest absolute Gasteiger partial charge is 0.338 e. The van der Waals surface area contributed by atoms with E-state index in [-0.39, 0.29) is 29.5 Å². The van der Waals surface area contributed by atoms with Gasteiger partial charge in [-0.3, -0.25) is 4.79 Å². The molecule has 3 saturated carbocycles. The molecule has 0 radical (unpaired) electrons. The van der Waals surface area contributed by atoms with Gasteiger partial charge < -0.3 is 4.74 Å². The molecule has 0 aromatic heterocycles. The maximum absolute atomic E-state index is 12.8. The van der Waals surface area contributed by atoms with E-state index in [1.807, 2.05) is 12.1 Å². The van der Waals surface area contributed by atoms with E-state index in [2.05, 4.69) is 0 Å². The van der Waals surface area contributed by atoms with Crippen LogP contribution >= 0.6 is 0 Å². The van der Waals surface area contributed by atoms with Gasteiger partial charge in [-0.15, -0.1) is 0 Å². The van der Waals surface area contributed by atoms with Gasteiger partial charge in [-0.25, -0.2) is 13.2 Å². The van der Waals surface area contributed by atoms with E-state index in [0.29, 0.717) is 28.9 Å². The fraction of sp³-hybridized carbons (Fsp3) is 0.545. The second-order valence-electron chi connectivity index (χ2n) is 8.11. The van der Waals surface area contributed by atoms with Crippen LogP contribution in [0.3, 0.4) is 0 Å². The average Bonchev–Trinajstić information content (AvgIpc) is 3.57. The number of esters is 1. The van der Waals surface area contributed by atoms with E-state index >= 15 is 0 Å². The predicted octanol–water partition coefficient (Wildman–Crippen LogP) is 3.82. The van der Waals surface area contributed by atoms with Crippen molar-refractivity contribution >= 4 is 27.2 Å². The fourth-order valence-corrected chi connectivity index (χ4v) is 5.89. The van der Waals surface area contributed by atoms with Gasteiger partial charge in [0.05, 0.1) is 22.3 Å². The number of hydrogen-bond donors (Lipinski definition) is 0. The Kier molecular flexibility index (Phi) is 5.17. The van der Waals surface area contributed by atoms with Crippen LogP contribution in [-0.2, 0) is 24.2 Å². The lowest BCUT2D eigenvalue weighted by Crippen LogP contribution is -2.12. The first-order valence-electron chi connectivity index (χ1n) is 10.2. The van der Waals surface area contributed by atoms with Gasteiger partial charge in [0.2, 0.25) is 0 Å². The van der Waals surface area contributed by atoms with Crippen LogP contribution in [0.15, 0.2) is 29.2 Å². The van der Waals surface area contributed by atoms with Crippen LogP contribution in [0.2, 0.25) is 0 Å². The quantitative estimate of drug-likeness (QED) is 0.512. The fourth-order valence-electron chi connectivity index (χ4n) is 3.96. The molecule has 0 heterocycles. The van der Waals surface area contributed by atoms with Crippen molar-refractivity contribution in [2.45, 2.75) is 67.9 Å². The minimum Gasteiger partial charge on any atom is -0.462 e. The van der Waals surface area contributed by atoms with Gasteiger partial charge in [0.25, 0.3) is 0 Å². The summed E-state index contributed by atoms with van der Waals surface area (Å²) in [6.07, 6.45) is 7.01. The van der Waals surface area contributed by atoms with Crippen molar-refractivity contribution in [3.8, 4) is 0 Å². The van der Waals surface area contributed by atoms with Crippen molar-refractivity contribution in [2.24, 2.45) is 5.92 Å². The number of ketones is 1. The lowest BCUT2D eigenvalue weighted by Gasteiger charge is -2.14. The van der Waals surface area contributed by atoms with Gasteiger partial charge in [0.15, 0.2) is 9.84 Å². The number of carbonyl (C=O) groups is 2. The highest BCUT2D eigenvalue weighted by molar-refractivity contribution is 7.92. The largest absolute Gasteiger partial charge is 0.462 e. The molecule has 6 heteroatoms. The molecule has 3 aliphatic carbocycles. The van der Waals surface area contributed by atoms with Gasteiger partial charge in [0.1, 0.15) is 5.78 Å². The van der Waals surface area contributed by atoms with Crippen LogP contribution in [-0.4, -0.2) is 32.0 Å². The second-order valence-corrected chi connectivity index (χ2v) is 10.3. The van der Waals surface area contributed by atoms with Crippen molar-refractivity contribution in [2.75, 3.05) is 6.61 Å². The molecule has 3 fully saturated rings. The molecule has 150 valence electrons. The van der Waals surface area contributed by atoms with E-state index in [1.165, 1.54) is 0 Å². The molecule has 1 atom stereocenters. The van der Waals surface area contributed by atoms with E-state index in [0.717, 1.165) is 37.7 Å². The third kappa shape index (κ3) is 3.93. The van der Waals surface area contributed by atoms with Crippen LogP contribution < -0.4 is 0 Å². The molecular weight excluding hydrogens is 376 g/mol. The normalized spacial score (nSPS) is 23.1. The zero-order chi connectivity index (χ0) is 19.9. The third-order valence-electron chi connectivity index (χ3n) is 5.79. The van der Waals surface area contributed by atoms with Crippen LogP contribution in [0.25, 0.3) is 5.57 Å². The van der Waals surface area contributed by atoms with E-state index < -0.39 is 15.8 Å². The van der Waals surface area contributed by atoms with Crippen molar-refractivity contribution in [1.82, 2.24) is 0 Å².